The molecule has 2 unspecified atom stereocenters. The highest BCUT2D eigenvalue weighted by Gasteiger charge is 2.44. The topological polar surface area (TPSA) is 385 Å². The zero-order valence-corrected chi connectivity index (χ0v) is 60.2. The number of rotatable bonds is 18. The number of esters is 2. The average molecular weight is 1480 g/mol. The lowest BCUT2D eigenvalue weighted by molar-refractivity contribution is -0.210. The Balaban J connectivity index is 0.000000650. The highest BCUT2D eigenvalue weighted by molar-refractivity contribution is 6.31. The second kappa shape index (κ2) is 45.4. The number of carbonyl (C=O) groups is 5. The fourth-order valence-corrected chi connectivity index (χ4v) is 8.36. The number of aliphatic hydroxyl groups excluding tert-OH is 3. The number of nitriles is 2. The molecule has 3 heterocycles. The number of nitrogens with one attached hydrogen (secondary N) is 2. The zero-order valence-electron chi connectivity index (χ0n) is 57.9. The number of azide groups is 1. The van der Waals surface area contributed by atoms with Crippen LogP contribution in [0.2, 0.25) is 10.0 Å². The molecule has 32 heteroatoms. The van der Waals surface area contributed by atoms with Crippen LogP contribution in [-0.2, 0) is 44.5 Å². The molecule has 0 aliphatic carbocycles. The lowest BCUT2D eigenvalue weighted by atomic mass is 9.98. The summed E-state index contributed by atoms with van der Waals surface area (Å²) in [5.74, 6) is -0.646. The van der Waals surface area contributed by atoms with Gasteiger partial charge in [0.05, 0.1) is 64.4 Å². The number of aromatic nitrogens is 2. The SMILES string of the molecule is C#C/C=C/C(=O)OC.CN(C)C/C=C/C(=O)O.COC(=O)/C=C/CN(C)C(=O)OC(C)(C)C.Cc1cc2ncc(C#N)c(Nc3ccc(F)c(Cl)c3)c2cc1CC(=O)/C=C/CN(C)C.Cc1cc2ncc(C#N)c(Nc3ccc(F)c(Cl)c3)c2cc1N.Cl.[N-]=[N+]=N[C@@H]1OC(CO)[C@@H](O)[C@H](O)C1F. The number of carboxylic acid groups (broad SMARTS) is 1. The summed E-state index contributed by atoms with van der Waals surface area (Å²) in [5.41, 5.74) is 21.1. The van der Waals surface area contributed by atoms with Crippen LogP contribution in [0.25, 0.3) is 32.2 Å². The molecule has 0 spiro atoms. The number of amides is 1. The second-order valence-corrected chi connectivity index (χ2v) is 23.7. The second-order valence-electron chi connectivity index (χ2n) is 22.8. The van der Waals surface area contributed by atoms with Gasteiger partial charge in [0.1, 0.15) is 47.7 Å². The minimum absolute atomic E-state index is 0. The van der Waals surface area contributed by atoms with Crippen molar-refractivity contribution in [1.82, 2.24) is 24.7 Å². The predicted molar refractivity (Wildman–Crippen MR) is 387 cm³/mol. The molecule has 546 valence electrons. The van der Waals surface area contributed by atoms with Crippen LogP contribution in [0.5, 0.6) is 0 Å². The minimum Gasteiger partial charge on any atom is -0.478 e. The van der Waals surface area contributed by atoms with Crippen molar-refractivity contribution in [2.75, 3.05) is 92.1 Å². The Morgan fingerprint density at radius 2 is 1.25 bits per heavy atom. The van der Waals surface area contributed by atoms with Crippen molar-refractivity contribution in [3.8, 4) is 24.5 Å². The summed E-state index contributed by atoms with van der Waals surface area (Å²) in [6.45, 7) is 10.3. The first-order chi connectivity index (χ1) is 47.6. The van der Waals surface area contributed by atoms with E-state index in [0.29, 0.717) is 81.0 Å². The number of carbonyl (C=O) groups excluding carboxylic acids is 4. The highest BCUT2D eigenvalue weighted by Crippen LogP contribution is 2.35. The van der Waals surface area contributed by atoms with E-state index in [1.54, 1.807) is 58.2 Å². The number of allylic oxidation sites excluding steroid dienone is 2. The summed E-state index contributed by atoms with van der Waals surface area (Å²) in [4.78, 5) is 70.9. The molecule has 7 rings (SSSR count). The normalized spacial score (nSPS) is 15.1. The average Bonchev–Trinajstić information content (AvgIpc) is 0.791. The van der Waals surface area contributed by atoms with Gasteiger partial charge in [0.2, 0.25) is 0 Å². The summed E-state index contributed by atoms with van der Waals surface area (Å²) in [6.07, 6.45) is 11.1. The van der Waals surface area contributed by atoms with E-state index in [4.69, 9.17) is 65.7 Å². The molecule has 8 N–H and O–H groups in total. The number of ketones is 1. The number of aliphatic carboxylic acids is 1. The summed E-state index contributed by atoms with van der Waals surface area (Å²) in [6, 6.07) is 20.2. The zero-order chi connectivity index (χ0) is 76.3. The first-order valence-corrected chi connectivity index (χ1v) is 30.8. The number of aryl methyl sites for hydroxylation is 2. The highest BCUT2D eigenvalue weighted by atomic mass is 35.5. The van der Waals surface area contributed by atoms with Crippen LogP contribution in [-0.4, -0.2) is 187 Å². The van der Waals surface area contributed by atoms with Gasteiger partial charge < -0.3 is 70.4 Å². The van der Waals surface area contributed by atoms with Gasteiger partial charge in [-0.2, -0.15) is 10.5 Å². The number of hydrogen-bond acceptors (Lipinski definition) is 22. The molecule has 1 saturated heterocycles. The number of halogens is 6. The predicted octanol–water partition coefficient (Wildman–Crippen LogP) is 11.3. The molecule has 4 aromatic carbocycles. The number of likely N-dealkylation sites (N-methyl/N-ethyl adjacent to an activating group) is 3. The summed E-state index contributed by atoms with van der Waals surface area (Å²) >= 11 is 11.7. The van der Waals surface area contributed by atoms with Crippen molar-refractivity contribution >= 4 is 116 Å². The third kappa shape index (κ3) is 31.5. The number of methoxy groups -OCH3 is 2. The van der Waals surface area contributed by atoms with E-state index in [-0.39, 0.29) is 34.7 Å². The molecule has 1 fully saturated rings. The Kier molecular flexibility index (Phi) is 40.0. The van der Waals surface area contributed by atoms with Crippen LogP contribution in [0.1, 0.15) is 48.6 Å². The molecule has 2 aromatic heterocycles. The molecule has 1 amide bonds. The number of nitrogens with two attached hydrogens (primary N) is 1. The number of anilines is 5. The molecule has 6 aromatic rings. The number of ether oxygens (including phenoxy) is 4. The van der Waals surface area contributed by atoms with Crippen LogP contribution in [0.15, 0.2) is 127 Å². The van der Waals surface area contributed by atoms with Gasteiger partial charge in [0, 0.05) is 96.5 Å². The maximum atomic E-state index is 13.5. The van der Waals surface area contributed by atoms with E-state index >= 15 is 0 Å². The van der Waals surface area contributed by atoms with E-state index in [0.717, 1.165) is 22.8 Å². The van der Waals surface area contributed by atoms with Gasteiger partial charge in [0.15, 0.2) is 18.2 Å². The lowest BCUT2D eigenvalue weighted by Crippen LogP contribution is -2.56. The molecule has 0 radical (unpaired) electrons. The Hall–Kier alpha value is -10.3. The monoisotopic (exact) mass is 1470 g/mol. The Bertz CT molecular complexity index is 4150. The van der Waals surface area contributed by atoms with Crippen LogP contribution < -0.4 is 16.4 Å². The summed E-state index contributed by atoms with van der Waals surface area (Å²) in [5, 5.41) is 64.7. The van der Waals surface area contributed by atoms with E-state index in [1.165, 1.54) is 80.1 Å². The number of alkyl halides is 1. The number of nitrogen functional groups attached to an aromatic ring is 1. The van der Waals surface area contributed by atoms with Crippen molar-refractivity contribution in [2.24, 2.45) is 5.11 Å². The summed E-state index contributed by atoms with van der Waals surface area (Å²) < 4.78 is 58.4. The number of carboxylic acids is 1. The van der Waals surface area contributed by atoms with Gasteiger partial charge in [-0.3, -0.25) is 14.8 Å². The van der Waals surface area contributed by atoms with Gasteiger partial charge in [-0.05, 0) is 158 Å². The largest absolute Gasteiger partial charge is 0.478 e. The molecule has 1 aliphatic rings. The van der Waals surface area contributed by atoms with E-state index in [1.807, 2.05) is 76.1 Å². The number of nitrogens with zero attached hydrogens (tertiary/aromatic N) is 10. The maximum absolute atomic E-state index is 13.5. The quantitative estimate of drug-likeness (QED) is 0.00614. The van der Waals surface area contributed by atoms with Crippen molar-refractivity contribution in [1.29, 1.82) is 10.5 Å². The molecule has 5 atom stereocenters. The number of hydrogen-bond donors (Lipinski definition) is 7. The number of terminal acetylenes is 1. The molecule has 26 nitrogen and oxygen atoms in total. The summed E-state index contributed by atoms with van der Waals surface area (Å²) in [7, 11) is 11.8. The van der Waals surface area contributed by atoms with Crippen LogP contribution >= 0.6 is 35.6 Å². The number of aliphatic hydroxyl groups is 3. The van der Waals surface area contributed by atoms with Crippen molar-refractivity contribution in [3.05, 3.63) is 182 Å². The first-order valence-electron chi connectivity index (χ1n) is 30.0. The first kappa shape index (κ1) is 89.7. The minimum atomic E-state index is -2.00. The molecular formula is C70H81Cl3F3N13O13. The van der Waals surface area contributed by atoms with Gasteiger partial charge in [-0.1, -0.05) is 52.5 Å². The molecule has 0 saturated carbocycles. The van der Waals surface area contributed by atoms with Gasteiger partial charge >= 0.3 is 24.0 Å². The third-order valence-electron chi connectivity index (χ3n) is 13.1. The fourth-order valence-electron chi connectivity index (χ4n) is 8.00. The Morgan fingerprint density at radius 3 is 1.70 bits per heavy atom. The standard InChI is InChI=1S/C24H22ClFN4O.C17H12ClFN4.C11H19NO4.C6H10FN3O4.C6H11NO2.C6H6O2.ClH/c1-15-9-23-20(11-16(15)10-19(31)5-4-8-30(2)3)24(17(13-27)14-28-23)29-18-6-7-22(26)21(25)12-18;1-9-4-16-12(6-15(9)21)17(10(7-20)8-22-16)23-11-2-3-14(19)13(18)5-11;1-11(2,3)16-10(14)12(4)8-6-7-9(13)15-5;7-3-5(13)4(12)2(1-11)14-6(3)9-10-8;1-7(2)5-3-4-6(8)9;1-3-4-5-6(7)8-2;/h4-7,9,11-12,14H,8,10H2,1-3H3,(H,28,29);2-6,8H,21H2,1H3,(H,22,23);6-7H,8H2,1-5H3;2-6,11-13H,1H2;3-4H,5H2,1-2H3,(H,8,9);1,4-5H,2H3;1H/b5-4+;;7-6+;;4-3+;5-4+;/t;;;2?,3?,4-,5-,6-;;;/m...1.../s1. The fraction of sp³-hybridized carbons (Fsp3) is 0.329. The Morgan fingerprint density at radius 1 is 0.775 bits per heavy atom. The van der Waals surface area contributed by atoms with E-state index < -0.39 is 78.6 Å². The van der Waals surface area contributed by atoms with Gasteiger partial charge in [0.25, 0.3) is 0 Å². The van der Waals surface area contributed by atoms with Crippen LogP contribution in [0.3, 0.4) is 0 Å². The molecule has 1 aliphatic heterocycles. The van der Waals surface area contributed by atoms with Crippen LogP contribution in [0, 0.1) is 60.5 Å². The molecule has 0 bridgehead atoms. The smallest absolute Gasteiger partial charge is 0.410 e. The molecule has 102 heavy (non-hydrogen) atoms. The third-order valence-corrected chi connectivity index (χ3v) is 13.7. The number of fused-ring (bicyclic) bond motifs is 2. The lowest BCUT2D eigenvalue weighted by Gasteiger charge is -2.36. The molecular weight excluding hydrogens is 1390 g/mol. The van der Waals surface area contributed by atoms with Crippen molar-refractivity contribution < 1.29 is 76.5 Å². The van der Waals surface area contributed by atoms with Crippen molar-refractivity contribution in [3.63, 3.8) is 0 Å². The maximum Gasteiger partial charge on any atom is 0.410 e. The van der Waals surface area contributed by atoms with E-state index in [9.17, 15) is 52.8 Å². The van der Waals surface area contributed by atoms with Crippen LogP contribution in [0.4, 0.5) is 46.4 Å². The number of pyridine rings is 2. The van der Waals surface area contributed by atoms with Gasteiger partial charge in [-0.25, -0.2) is 32.3 Å². The number of benzene rings is 4. The van der Waals surface area contributed by atoms with E-state index in [2.05, 4.69) is 58.2 Å². The van der Waals surface area contributed by atoms with Crippen molar-refractivity contribution in [2.45, 2.75) is 77.4 Å². The Labute approximate surface area is 605 Å². The van der Waals surface area contributed by atoms with Gasteiger partial charge in [-0.15, -0.1) is 18.8 Å².